The molecule has 1 aromatic carbocycles. The number of ether oxygens (including phenoxy) is 1. The lowest BCUT2D eigenvalue weighted by Crippen LogP contribution is -2.12. The van der Waals surface area contributed by atoms with Crippen LogP contribution in [-0.4, -0.2) is 15.5 Å². The van der Waals surface area contributed by atoms with Crippen LogP contribution in [0, 0.1) is 0 Å². The number of thiophene rings is 1. The summed E-state index contributed by atoms with van der Waals surface area (Å²) in [6, 6.07) is 6.29. The van der Waals surface area contributed by atoms with Gasteiger partial charge in [-0.25, -0.2) is 8.42 Å². The summed E-state index contributed by atoms with van der Waals surface area (Å²) in [5.41, 5.74) is 6.52. The van der Waals surface area contributed by atoms with Gasteiger partial charge in [-0.2, -0.15) is 0 Å². The summed E-state index contributed by atoms with van der Waals surface area (Å²) < 4.78 is 32.2. The third-order valence-corrected chi connectivity index (χ3v) is 5.73. The average molecular weight is 333 g/mol. The molecule has 20 heavy (non-hydrogen) atoms. The van der Waals surface area contributed by atoms with Gasteiger partial charge in [-0.05, 0) is 29.1 Å². The van der Waals surface area contributed by atoms with Crippen molar-refractivity contribution in [1.29, 1.82) is 0 Å². The molecule has 3 N–H and O–H groups in total. The maximum Gasteiger partial charge on any atom is 0.271 e. The van der Waals surface area contributed by atoms with Crippen molar-refractivity contribution in [2.75, 3.05) is 11.8 Å². The first-order valence-electron chi connectivity index (χ1n) is 5.60. The minimum atomic E-state index is -3.68. The van der Waals surface area contributed by atoms with Crippen LogP contribution in [0.4, 0.5) is 5.69 Å². The fourth-order valence-corrected chi connectivity index (χ4v) is 4.02. The lowest BCUT2D eigenvalue weighted by atomic mass is 10.3. The Morgan fingerprint density at radius 2 is 2.15 bits per heavy atom. The number of hydrogen-bond acceptors (Lipinski definition) is 5. The number of hydrogen-bond donors (Lipinski definition) is 2. The van der Waals surface area contributed by atoms with Gasteiger partial charge in [0.05, 0.1) is 17.8 Å². The van der Waals surface area contributed by atoms with Gasteiger partial charge in [0.1, 0.15) is 9.96 Å². The van der Waals surface area contributed by atoms with Gasteiger partial charge in [-0.3, -0.25) is 4.72 Å². The molecule has 0 aliphatic carbocycles. The summed E-state index contributed by atoms with van der Waals surface area (Å²) in [4.78, 5) is 0. The molecule has 108 valence electrons. The number of sulfonamides is 1. The quantitative estimate of drug-likeness (QED) is 0.882. The number of benzene rings is 1. The van der Waals surface area contributed by atoms with Crippen molar-refractivity contribution in [3.05, 3.63) is 40.2 Å². The molecule has 2 rings (SSSR count). The highest BCUT2D eigenvalue weighted by Crippen LogP contribution is 2.30. The van der Waals surface area contributed by atoms with E-state index in [9.17, 15) is 8.42 Å². The van der Waals surface area contributed by atoms with Gasteiger partial charge >= 0.3 is 0 Å². The number of halogens is 1. The van der Waals surface area contributed by atoms with Crippen molar-refractivity contribution >= 4 is 38.6 Å². The molecule has 5 nitrogen and oxygen atoms in total. The second-order valence-corrected chi connectivity index (χ2v) is 7.16. The van der Waals surface area contributed by atoms with E-state index in [1.54, 1.807) is 23.6 Å². The molecule has 0 atom stereocenters. The van der Waals surface area contributed by atoms with E-state index in [0.717, 1.165) is 16.9 Å². The molecule has 1 aromatic heterocycles. The molecule has 0 aliphatic heterocycles. The molecule has 0 bridgehead atoms. The first kappa shape index (κ1) is 15.1. The zero-order valence-electron chi connectivity index (χ0n) is 10.6. The molecule has 0 radical (unpaired) electrons. The topological polar surface area (TPSA) is 81.4 Å². The molecular weight excluding hydrogens is 320 g/mol. The minimum absolute atomic E-state index is 0.192. The van der Waals surface area contributed by atoms with Gasteiger partial charge in [0.25, 0.3) is 10.0 Å². The van der Waals surface area contributed by atoms with Crippen molar-refractivity contribution in [2.45, 2.75) is 10.8 Å². The first-order chi connectivity index (χ1) is 9.46. The second-order valence-electron chi connectivity index (χ2n) is 3.93. The highest BCUT2D eigenvalue weighted by molar-refractivity contribution is 7.94. The maximum atomic E-state index is 12.2. The number of nitrogens with one attached hydrogen (secondary N) is 1. The van der Waals surface area contributed by atoms with E-state index in [1.165, 1.54) is 13.2 Å². The Morgan fingerprint density at radius 1 is 1.40 bits per heavy atom. The van der Waals surface area contributed by atoms with E-state index in [1.807, 2.05) is 0 Å². The SMILES string of the molecule is COc1ccc(Cl)c(NS(=O)(=O)c2cc(CN)cs2)c1. The van der Waals surface area contributed by atoms with Crippen LogP contribution in [0.25, 0.3) is 0 Å². The van der Waals surface area contributed by atoms with Crippen LogP contribution >= 0.6 is 22.9 Å². The molecular formula is C12H13ClN2O3S2. The van der Waals surface area contributed by atoms with Crippen LogP contribution in [-0.2, 0) is 16.6 Å². The van der Waals surface area contributed by atoms with Crippen molar-refractivity contribution in [3.63, 3.8) is 0 Å². The van der Waals surface area contributed by atoms with Crippen LogP contribution in [0.15, 0.2) is 33.9 Å². The monoisotopic (exact) mass is 332 g/mol. The van der Waals surface area contributed by atoms with Crippen LogP contribution in [0.5, 0.6) is 5.75 Å². The normalized spacial score (nSPS) is 11.3. The summed E-state index contributed by atoms with van der Waals surface area (Å²) in [6.07, 6.45) is 0. The first-order valence-corrected chi connectivity index (χ1v) is 8.34. The Morgan fingerprint density at radius 3 is 2.75 bits per heavy atom. The maximum absolute atomic E-state index is 12.2. The number of rotatable bonds is 5. The largest absolute Gasteiger partial charge is 0.497 e. The van der Waals surface area contributed by atoms with E-state index in [2.05, 4.69) is 4.72 Å². The Hall–Kier alpha value is -1.28. The predicted molar refractivity (Wildman–Crippen MR) is 81.0 cm³/mol. The third-order valence-electron chi connectivity index (χ3n) is 2.55. The number of nitrogens with two attached hydrogens (primary N) is 1. The molecule has 1 heterocycles. The lowest BCUT2D eigenvalue weighted by Gasteiger charge is -2.09. The van der Waals surface area contributed by atoms with Crippen molar-refractivity contribution in [3.8, 4) is 5.75 Å². The predicted octanol–water partition coefficient (Wildman–Crippen LogP) is 2.67. The zero-order chi connectivity index (χ0) is 14.8. The molecule has 0 aliphatic rings. The smallest absolute Gasteiger partial charge is 0.271 e. The minimum Gasteiger partial charge on any atom is -0.497 e. The fourth-order valence-electron chi connectivity index (χ4n) is 1.51. The highest BCUT2D eigenvalue weighted by Gasteiger charge is 2.18. The summed E-state index contributed by atoms with van der Waals surface area (Å²) >= 11 is 7.09. The van der Waals surface area contributed by atoms with Crippen molar-refractivity contribution < 1.29 is 13.2 Å². The number of anilines is 1. The molecule has 0 saturated carbocycles. The van der Waals surface area contributed by atoms with E-state index in [4.69, 9.17) is 22.1 Å². The summed E-state index contributed by atoms with van der Waals surface area (Å²) in [5.74, 6) is 0.515. The van der Waals surface area contributed by atoms with Gasteiger partial charge in [0, 0.05) is 12.6 Å². The molecule has 0 saturated heterocycles. The Kier molecular flexibility index (Phi) is 4.54. The Balaban J connectivity index is 2.32. The zero-order valence-corrected chi connectivity index (χ0v) is 13.0. The standard InChI is InChI=1S/C12H13ClN2O3S2/c1-18-9-2-3-10(13)11(5-9)15-20(16,17)12-4-8(6-14)7-19-12/h2-5,7,15H,6,14H2,1H3. The van der Waals surface area contributed by atoms with Crippen molar-refractivity contribution in [1.82, 2.24) is 0 Å². The van der Waals surface area contributed by atoms with Gasteiger partial charge in [-0.15, -0.1) is 11.3 Å². The van der Waals surface area contributed by atoms with Gasteiger partial charge in [0.2, 0.25) is 0 Å². The van der Waals surface area contributed by atoms with Gasteiger partial charge in [0.15, 0.2) is 0 Å². The van der Waals surface area contributed by atoms with Crippen LogP contribution in [0.3, 0.4) is 0 Å². The Bertz CT molecular complexity index is 713. The number of methoxy groups -OCH3 is 1. The van der Waals surface area contributed by atoms with E-state index in [-0.39, 0.29) is 9.90 Å². The lowest BCUT2D eigenvalue weighted by molar-refractivity contribution is 0.415. The summed E-state index contributed by atoms with van der Waals surface area (Å²) in [5, 5.41) is 2.01. The van der Waals surface area contributed by atoms with Gasteiger partial charge in [-0.1, -0.05) is 11.6 Å². The molecule has 0 amide bonds. The van der Waals surface area contributed by atoms with Crippen LogP contribution < -0.4 is 15.2 Å². The molecule has 0 fully saturated rings. The fraction of sp³-hybridized carbons (Fsp3) is 0.167. The van der Waals surface area contributed by atoms with Crippen molar-refractivity contribution in [2.24, 2.45) is 5.73 Å². The second kappa shape index (κ2) is 6.01. The summed E-state index contributed by atoms with van der Waals surface area (Å²) in [6.45, 7) is 0.298. The third kappa shape index (κ3) is 3.24. The van der Waals surface area contributed by atoms with Crippen LogP contribution in [0.1, 0.15) is 5.56 Å². The van der Waals surface area contributed by atoms with E-state index < -0.39 is 10.0 Å². The Labute approximate surface area is 126 Å². The molecule has 0 spiro atoms. The average Bonchev–Trinajstić information content (AvgIpc) is 2.91. The summed E-state index contributed by atoms with van der Waals surface area (Å²) in [7, 11) is -2.18. The highest BCUT2D eigenvalue weighted by atomic mass is 35.5. The van der Waals surface area contributed by atoms with E-state index in [0.29, 0.717) is 17.3 Å². The van der Waals surface area contributed by atoms with E-state index >= 15 is 0 Å². The molecule has 8 heteroatoms. The van der Waals surface area contributed by atoms with Gasteiger partial charge < -0.3 is 10.5 Å². The molecule has 0 unspecified atom stereocenters. The molecule has 2 aromatic rings. The van der Waals surface area contributed by atoms with Crippen LogP contribution in [0.2, 0.25) is 5.02 Å².